The van der Waals surface area contributed by atoms with Crippen molar-refractivity contribution in [3.05, 3.63) is 64.6 Å². The molecule has 5 heteroatoms. The molecule has 1 N–H and O–H groups in total. The lowest BCUT2D eigenvalue weighted by Gasteiger charge is -2.39. The van der Waals surface area contributed by atoms with Crippen molar-refractivity contribution in [3.8, 4) is 5.75 Å². The molecule has 30 heavy (non-hydrogen) atoms. The van der Waals surface area contributed by atoms with Crippen LogP contribution in [0.25, 0.3) is 6.08 Å². The first-order valence-electron chi connectivity index (χ1n) is 10.7. The Labute approximate surface area is 183 Å². The summed E-state index contributed by atoms with van der Waals surface area (Å²) in [5.41, 5.74) is 3.02. The molecule has 0 aromatic heterocycles. The molecule has 1 saturated heterocycles. The number of methoxy groups -OCH3 is 1. The third-order valence-electron chi connectivity index (χ3n) is 6.15. The van der Waals surface area contributed by atoms with Crippen molar-refractivity contribution < 1.29 is 9.53 Å². The molecule has 1 saturated carbocycles. The number of hydrogen-bond acceptors (Lipinski definition) is 4. The Morgan fingerprint density at radius 2 is 1.90 bits per heavy atom. The maximum absolute atomic E-state index is 13.5. The minimum absolute atomic E-state index is 0.0935. The number of para-hydroxylation sites is 1. The molecule has 1 aliphatic carbocycles. The topological polar surface area (TPSA) is 41.6 Å². The Morgan fingerprint density at radius 1 is 1.13 bits per heavy atom. The van der Waals surface area contributed by atoms with Crippen LogP contribution in [0.2, 0.25) is 0 Å². The number of benzene rings is 2. The highest BCUT2D eigenvalue weighted by Crippen LogP contribution is 2.42. The van der Waals surface area contributed by atoms with Crippen LogP contribution in [0.3, 0.4) is 0 Å². The molecular formula is C25H30N2O2S. The Balaban J connectivity index is 1.65. The third kappa shape index (κ3) is 4.36. The Bertz CT molecular complexity index is 928. The first-order valence-corrected chi connectivity index (χ1v) is 11.6. The minimum Gasteiger partial charge on any atom is -0.496 e. The second-order valence-corrected chi connectivity index (χ2v) is 9.38. The molecule has 2 fully saturated rings. The van der Waals surface area contributed by atoms with E-state index >= 15 is 0 Å². The number of nitrogens with one attached hydrogen (secondary N) is 1. The predicted molar refractivity (Wildman–Crippen MR) is 125 cm³/mol. The van der Waals surface area contributed by atoms with E-state index in [0.29, 0.717) is 5.92 Å². The van der Waals surface area contributed by atoms with Crippen molar-refractivity contribution in [2.75, 3.05) is 12.4 Å². The molecule has 0 bridgehead atoms. The molecule has 1 amide bonds. The van der Waals surface area contributed by atoms with E-state index in [1.807, 2.05) is 49.4 Å². The third-order valence-corrected chi connectivity index (χ3v) is 7.27. The second kappa shape index (κ2) is 9.17. The maximum atomic E-state index is 13.5. The van der Waals surface area contributed by atoms with Gasteiger partial charge < -0.3 is 15.0 Å². The monoisotopic (exact) mass is 422 g/mol. The molecule has 4 rings (SSSR count). The van der Waals surface area contributed by atoms with Gasteiger partial charge in [-0.05, 0) is 61.1 Å². The van der Waals surface area contributed by atoms with Gasteiger partial charge in [0, 0.05) is 11.7 Å². The van der Waals surface area contributed by atoms with Crippen LogP contribution in [-0.4, -0.2) is 29.5 Å². The number of hydrogen-bond donors (Lipinski definition) is 1. The van der Waals surface area contributed by atoms with Gasteiger partial charge in [0.05, 0.1) is 12.0 Å². The average Bonchev–Trinajstić information content (AvgIpc) is 3.05. The van der Waals surface area contributed by atoms with Gasteiger partial charge in [-0.25, -0.2) is 0 Å². The van der Waals surface area contributed by atoms with Crippen molar-refractivity contribution in [1.29, 1.82) is 0 Å². The summed E-state index contributed by atoms with van der Waals surface area (Å²) in [5, 5.41) is 3.59. The van der Waals surface area contributed by atoms with E-state index in [9.17, 15) is 4.79 Å². The molecule has 1 aliphatic heterocycles. The van der Waals surface area contributed by atoms with Gasteiger partial charge in [0.15, 0.2) is 5.50 Å². The Hall–Kier alpha value is -2.40. The lowest BCUT2D eigenvalue weighted by molar-refractivity contribution is -0.129. The number of anilines is 1. The highest BCUT2D eigenvalue weighted by atomic mass is 32.2. The first-order chi connectivity index (χ1) is 14.6. The van der Waals surface area contributed by atoms with Gasteiger partial charge in [-0.2, -0.15) is 0 Å². The smallest absolute Gasteiger partial charge is 0.262 e. The molecular weight excluding hydrogens is 392 g/mol. The molecule has 158 valence electrons. The summed E-state index contributed by atoms with van der Waals surface area (Å²) in [7, 11) is 1.68. The van der Waals surface area contributed by atoms with Crippen LogP contribution in [0.1, 0.15) is 43.7 Å². The van der Waals surface area contributed by atoms with E-state index in [1.54, 1.807) is 18.9 Å². The molecule has 4 nitrogen and oxygen atoms in total. The summed E-state index contributed by atoms with van der Waals surface area (Å²) in [6.45, 7) is 4.31. The lowest BCUT2D eigenvalue weighted by atomic mass is 9.85. The van der Waals surface area contributed by atoms with Crippen LogP contribution in [0, 0.1) is 12.8 Å². The largest absolute Gasteiger partial charge is 0.496 e. The van der Waals surface area contributed by atoms with Crippen molar-refractivity contribution in [1.82, 2.24) is 4.90 Å². The highest BCUT2D eigenvalue weighted by molar-refractivity contribution is 8.05. The number of rotatable bonds is 5. The van der Waals surface area contributed by atoms with Gasteiger partial charge in [0.25, 0.3) is 5.91 Å². The number of carbonyl (C=O) groups is 1. The fourth-order valence-electron chi connectivity index (χ4n) is 4.45. The van der Waals surface area contributed by atoms with Crippen LogP contribution in [0.5, 0.6) is 5.75 Å². The molecule has 2 aromatic carbocycles. The van der Waals surface area contributed by atoms with Gasteiger partial charge in [-0.1, -0.05) is 61.9 Å². The second-order valence-electron chi connectivity index (χ2n) is 8.26. The molecule has 1 heterocycles. The van der Waals surface area contributed by atoms with Gasteiger partial charge in [-0.3, -0.25) is 4.79 Å². The molecule has 0 spiro atoms. The molecule has 2 aliphatic rings. The zero-order valence-corrected chi connectivity index (χ0v) is 18.7. The van der Waals surface area contributed by atoms with Crippen LogP contribution < -0.4 is 10.1 Å². The van der Waals surface area contributed by atoms with E-state index in [2.05, 4.69) is 29.3 Å². The summed E-state index contributed by atoms with van der Waals surface area (Å²) in [6.07, 6.45) is 6.71. The number of carbonyl (C=O) groups excluding carboxylic acids is 1. The molecule has 3 atom stereocenters. The molecule has 1 unspecified atom stereocenters. The Morgan fingerprint density at radius 3 is 2.63 bits per heavy atom. The first kappa shape index (κ1) is 20.9. The number of nitrogens with zero attached hydrogens (tertiary/aromatic N) is 1. The SMILES string of the molecule is COc1cc(/C=C2\SC(Nc3ccccc3)N([C@H]3CCCC[C@H]3C)C2=O)ccc1C. The van der Waals surface area contributed by atoms with Gasteiger partial charge in [0.2, 0.25) is 0 Å². The maximum Gasteiger partial charge on any atom is 0.262 e. The highest BCUT2D eigenvalue weighted by Gasteiger charge is 2.42. The van der Waals surface area contributed by atoms with E-state index in [0.717, 1.165) is 33.9 Å². The van der Waals surface area contributed by atoms with Crippen LogP contribution in [0.4, 0.5) is 5.69 Å². The van der Waals surface area contributed by atoms with Crippen molar-refractivity contribution in [2.45, 2.75) is 51.1 Å². The summed E-state index contributed by atoms with van der Waals surface area (Å²) in [6, 6.07) is 16.5. The molecule has 0 radical (unpaired) electrons. The quantitative estimate of drug-likeness (QED) is 0.610. The summed E-state index contributed by atoms with van der Waals surface area (Å²) in [4.78, 5) is 16.4. The normalized spacial score (nSPS) is 25.6. The van der Waals surface area contributed by atoms with E-state index in [1.165, 1.54) is 19.3 Å². The summed E-state index contributed by atoms with van der Waals surface area (Å²) < 4.78 is 5.46. The number of aryl methyl sites for hydroxylation is 1. The van der Waals surface area contributed by atoms with Gasteiger partial charge in [0.1, 0.15) is 5.75 Å². The average molecular weight is 423 g/mol. The number of amides is 1. The molecule has 2 aromatic rings. The number of ether oxygens (including phenoxy) is 1. The van der Waals surface area contributed by atoms with Crippen molar-refractivity contribution >= 4 is 29.4 Å². The van der Waals surface area contributed by atoms with Crippen LogP contribution in [-0.2, 0) is 4.79 Å². The lowest BCUT2D eigenvalue weighted by Crippen LogP contribution is -2.48. The van der Waals surface area contributed by atoms with Crippen LogP contribution in [0.15, 0.2) is 53.4 Å². The van der Waals surface area contributed by atoms with Gasteiger partial charge in [-0.15, -0.1) is 0 Å². The fraction of sp³-hybridized carbons (Fsp3) is 0.400. The Kier molecular flexibility index (Phi) is 6.38. The van der Waals surface area contributed by atoms with E-state index in [4.69, 9.17) is 4.74 Å². The zero-order chi connectivity index (χ0) is 21.1. The van der Waals surface area contributed by atoms with E-state index in [-0.39, 0.29) is 17.4 Å². The van der Waals surface area contributed by atoms with Gasteiger partial charge >= 0.3 is 0 Å². The predicted octanol–water partition coefficient (Wildman–Crippen LogP) is 5.89. The number of thioether (sulfide) groups is 1. The zero-order valence-electron chi connectivity index (χ0n) is 17.9. The van der Waals surface area contributed by atoms with Crippen molar-refractivity contribution in [3.63, 3.8) is 0 Å². The standard InChI is InChI=1S/C25H30N2O2S/c1-17-9-7-8-12-21(17)27-24(28)23(16-19-14-13-18(2)22(15-19)29-3)30-25(27)26-20-10-5-4-6-11-20/h4-6,10-11,13-17,21,25-26H,7-9,12H2,1-3H3/b23-16-/t17-,21+,25?/m1/s1. The minimum atomic E-state index is -0.0935. The fourth-order valence-corrected chi connectivity index (χ4v) is 5.66. The van der Waals surface area contributed by atoms with Crippen molar-refractivity contribution in [2.24, 2.45) is 5.92 Å². The van der Waals surface area contributed by atoms with E-state index < -0.39 is 0 Å². The van der Waals surface area contributed by atoms with Crippen LogP contribution >= 0.6 is 11.8 Å². The summed E-state index contributed by atoms with van der Waals surface area (Å²) >= 11 is 1.62. The summed E-state index contributed by atoms with van der Waals surface area (Å²) in [5.74, 6) is 1.49.